The molecule has 1 atom stereocenters. The van der Waals surface area contributed by atoms with Crippen molar-refractivity contribution in [1.29, 1.82) is 0 Å². The summed E-state index contributed by atoms with van der Waals surface area (Å²) in [6, 6.07) is 0. The van der Waals surface area contributed by atoms with Gasteiger partial charge in [0.25, 0.3) is 0 Å². The van der Waals surface area contributed by atoms with Crippen LogP contribution < -0.4 is 5.32 Å². The fourth-order valence-corrected chi connectivity index (χ4v) is 2.30. The van der Waals surface area contributed by atoms with Crippen LogP contribution >= 0.6 is 27.5 Å². The first-order valence-corrected chi connectivity index (χ1v) is 7.11. The van der Waals surface area contributed by atoms with Crippen molar-refractivity contribution in [2.45, 2.75) is 51.6 Å². The van der Waals surface area contributed by atoms with Crippen LogP contribution in [0.4, 0.5) is 0 Å². The van der Waals surface area contributed by atoms with Crippen molar-refractivity contribution in [2.24, 2.45) is 7.05 Å². The number of rotatable bonds is 5. The molecule has 0 aliphatic rings. The van der Waals surface area contributed by atoms with Crippen molar-refractivity contribution < 1.29 is 0 Å². The summed E-state index contributed by atoms with van der Waals surface area (Å²) in [6.07, 6.45) is 0.934. The molecule has 0 fully saturated rings. The first-order valence-electron chi connectivity index (χ1n) is 5.89. The summed E-state index contributed by atoms with van der Waals surface area (Å²) >= 11 is 9.76. The lowest BCUT2D eigenvalue weighted by Gasteiger charge is -2.29. The highest BCUT2D eigenvalue weighted by atomic mass is 79.9. The molecule has 5 heteroatoms. The summed E-state index contributed by atoms with van der Waals surface area (Å²) in [7, 11) is 1.97. The molecule has 0 saturated carbocycles. The summed E-state index contributed by atoms with van der Waals surface area (Å²) in [5, 5.41) is 8.01. The highest BCUT2D eigenvalue weighted by molar-refractivity contribution is 9.10. The third-order valence-electron chi connectivity index (χ3n) is 3.21. The van der Waals surface area contributed by atoms with Gasteiger partial charge in [-0.15, -0.1) is 11.6 Å². The van der Waals surface area contributed by atoms with Crippen LogP contribution in [0, 0.1) is 0 Å². The van der Waals surface area contributed by atoms with Crippen molar-refractivity contribution in [3.05, 3.63) is 15.9 Å². The van der Waals surface area contributed by atoms with E-state index in [-0.39, 0.29) is 10.9 Å². The Labute approximate surface area is 117 Å². The summed E-state index contributed by atoms with van der Waals surface area (Å²) in [5.41, 5.74) is 2.16. The molecule has 3 nitrogen and oxygen atoms in total. The Kier molecular flexibility index (Phi) is 5.05. The standard InChI is InChI=1S/C12H21BrClN3/c1-6-9-11(13)10(17(5)16-9)7-15-12(3,4)8(2)14/h8,15H,6-7H2,1-5H3. The number of nitrogens with zero attached hydrogens (tertiary/aromatic N) is 2. The monoisotopic (exact) mass is 321 g/mol. The van der Waals surface area contributed by atoms with Crippen LogP contribution in [0.15, 0.2) is 4.47 Å². The zero-order chi connectivity index (χ0) is 13.2. The number of aromatic nitrogens is 2. The average molecular weight is 323 g/mol. The second kappa shape index (κ2) is 5.72. The minimum absolute atomic E-state index is 0.0696. The Morgan fingerprint density at radius 1 is 1.53 bits per heavy atom. The van der Waals surface area contributed by atoms with Gasteiger partial charge in [0.05, 0.1) is 15.9 Å². The zero-order valence-electron chi connectivity index (χ0n) is 11.1. The van der Waals surface area contributed by atoms with E-state index in [1.165, 1.54) is 0 Å². The van der Waals surface area contributed by atoms with E-state index in [0.717, 1.165) is 28.8 Å². The van der Waals surface area contributed by atoms with Gasteiger partial charge < -0.3 is 5.32 Å². The van der Waals surface area contributed by atoms with Crippen LogP contribution in [-0.2, 0) is 20.0 Å². The predicted molar refractivity (Wildman–Crippen MR) is 76.5 cm³/mol. The molecule has 1 heterocycles. The number of alkyl halides is 1. The summed E-state index contributed by atoms with van der Waals surface area (Å²) in [6.45, 7) is 9.08. The van der Waals surface area contributed by atoms with Crippen molar-refractivity contribution in [1.82, 2.24) is 15.1 Å². The minimum Gasteiger partial charge on any atom is -0.305 e. The molecule has 0 spiro atoms. The number of aryl methyl sites for hydroxylation is 2. The fourth-order valence-electron chi connectivity index (χ4n) is 1.46. The van der Waals surface area contributed by atoms with Crippen LogP contribution in [0.2, 0.25) is 0 Å². The lowest BCUT2D eigenvalue weighted by Crippen LogP contribution is -2.45. The normalized spacial score (nSPS) is 14.1. The molecule has 0 amide bonds. The van der Waals surface area contributed by atoms with Crippen molar-refractivity contribution >= 4 is 27.5 Å². The van der Waals surface area contributed by atoms with Gasteiger partial charge in [-0.25, -0.2) is 0 Å². The lowest BCUT2D eigenvalue weighted by molar-refractivity contribution is 0.374. The predicted octanol–water partition coefficient (Wildman–Crippen LogP) is 3.24. The third-order valence-corrected chi connectivity index (χ3v) is 4.67. The largest absolute Gasteiger partial charge is 0.305 e. The van der Waals surface area contributed by atoms with E-state index < -0.39 is 0 Å². The van der Waals surface area contributed by atoms with Crippen LogP contribution in [-0.4, -0.2) is 20.7 Å². The molecule has 1 unspecified atom stereocenters. The number of hydrogen-bond donors (Lipinski definition) is 1. The molecular weight excluding hydrogens is 302 g/mol. The minimum atomic E-state index is -0.0996. The van der Waals surface area contributed by atoms with E-state index in [2.05, 4.69) is 47.1 Å². The Bertz CT molecular complexity index is 385. The number of nitrogens with one attached hydrogen (secondary N) is 1. The van der Waals surface area contributed by atoms with Crippen LogP contribution in [0.25, 0.3) is 0 Å². The molecule has 0 radical (unpaired) electrons. The maximum absolute atomic E-state index is 6.15. The lowest BCUT2D eigenvalue weighted by atomic mass is 10.0. The van der Waals surface area contributed by atoms with E-state index in [0.29, 0.717) is 0 Å². The van der Waals surface area contributed by atoms with Gasteiger partial charge in [-0.2, -0.15) is 5.10 Å². The Balaban J connectivity index is 2.80. The highest BCUT2D eigenvalue weighted by Crippen LogP contribution is 2.23. The number of hydrogen-bond acceptors (Lipinski definition) is 2. The molecule has 17 heavy (non-hydrogen) atoms. The molecule has 0 saturated heterocycles. The second-order valence-electron chi connectivity index (χ2n) is 4.88. The van der Waals surface area contributed by atoms with E-state index in [1.807, 2.05) is 18.7 Å². The van der Waals surface area contributed by atoms with E-state index in [1.54, 1.807) is 0 Å². The van der Waals surface area contributed by atoms with Crippen molar-refractivity contribution in [2.75, 3.05) is 0 Å². The molecule has 0 aliphatic heterocycles. The maximum atomic E-state index is 6.15. The summed E-state index contributed by atoms with van der Waals surface area (Å²) < 4.78 is 3.03. The fraction of sp³-hybridized carbons (Fsp3) is 0.750. The van der Waals surface area contributed by atoms with Gasteiger partial charge in [0.2, 0.25) is 0 Å². The molecular formula is C12H21BrClN3. The third kappa shape index (κ3) is 3.46. The quantitative estimate of drug-likeness (QED) is 0.843. The van der Waals surface area contributed by atoms with Crippen LogP contribution in [0.3, 0.4) is 0 Å². The smallest absolute Gasteiger partial charge is 0.0767 e. The first-order chi connectivity index (χ1) is 7.79. The van der Waals surface area contributed by atoms with Crippen molar-refractivity contribution in [3.8, 4) is 0 Å². The van der Waals surface area contributed by atoms with E-state index >= 15 is 0 Å². The van der Waals surface area contributed by atoms with Gasteiger partial charge in [0.15, 0.2) is 0 Å². The molecule has 0 aromatic carbocycles. The molecule has 98 valence electrons. The molecule has 1 rings (SSSR count). The Morgan fingerprint density at radius 2 is 2.12 bits per heavy atom. The van der Waals surface area contributed by atoms with Crippen LogP contribution in [0.5, 0.6) is 0 Å². The molecule has 0 aliphatic carbocycles. The topological polar surface area (TPSA) is 29.9 Å². The first kappa shape index (κ1) is 15.0. The van der Waals surface area contributed by atoms with E-state index in [4.69, 9.17) is 11.6 Å². The maximum Gasteiger partial charge on any atom is 0.0767 e. The highest BCUT2D eigenvalue weighted by Gasteiger charge is 2.24. The van der Waals surface area contributed by atoms with Gasteiger partial charge in [0.1, 0.15) is 0 Å². The van der Waals surface area contributed by atoms with Gasteiger partial charge in [-0.05, 0) is 43.1 Å². The molecule has 0 bridgehead atoms. The van der Waals surface area contributed by atoms with Crippen molar-refractivity contribution in [3.63, 3.8) is 0 Å². The second-order valence-corrected chi connectivity index (χ2v) is 6.32. The van der Waals surface area contributed by atoms with E-state index in [9.17, 15) is 0 Å². The van der Waals surface area contributed by atoms with Gasteiger partial charge >= 0.3 is 0 Å². The zero-order valence-corrected chi connectivity index (χ0v) is 13.5. The van der Waals surface area contributed by atoms with Gasteiger partial charge in [-0.3, -0.25) is 4.68 Å². The molecule has 1 aromatic rings. The molecule has 1 N–H and O–H groups in total. The average Bonchev–Trinajstić information content (AvgIpc) is 2.51. The summed E-state index contributed by atoms with van der Waals surface area (Å²) in [5.74, 6) is 0. The van der Waals surface area contributed by atoms with Gasteiger partial charge in [0, 0.05) is 24.5 Å². The summed E-state index contributed by atoms with van der Waals surface area (Å²) in [4.78, 5) is 0. The number of halogens is 2. The van der Waals surface area contributed by atoms with Gasteiger partial charge in [-0.1, -0.05) is 6.92 Å². The van der Waals surface area contributed by atoms with Crippen LogP contribution in [0.1, 0.15) is 39.1 Å². The SMILES string of the molecule is CCc1nn(C)c(CNC(C)(C)C(C)Cl)c1Br. The Hall–Kier alpha value is -0.0600. The Morgan fingerprint density at radius 3 is 2.53 bits per heavy atom. The molecule has 1 aromatic heterocycles.